The van der Waals surface area contributed by atoms with E-state index in [1.807, 2.05) is 36.4 Å². The molecule has 3 aromatic rings. The molecule has 1 aromatic carbocycles. The third kappa shape index (κ3) is 2.58. The van der Waals surface area contributed by atoms with E-state index in [1.54, 1.807) is 20.0 Å². The Morgan fingerprint density at radius 1 is 1.27 bits per heavy atom. The highest BCUT2D eigenvalue weighted by atomic mass is 16.3. The minimum absolute atomic E-state index is 0.642. The normalized spacial score (nSPS) is 11.6. The van der Waals surface area contributed by atoms with Gasteiger partial charge in [0.2, 0.25) is 6.41 Å². The molecule has 0 aliphatic heterocycles. The zero-order valence-electron chi connectivity index (χ0n) is 12.4. The Hall–Kier alpha value is -2.66. The van der Waals surface area contributed by atoms with Gasteiger partial charge in [0.1, 0.15) is 5.65 Å². The van der Waals surface area contributed by atoms with Gasteiger partial charge in [-0.3, -0.25) is 4.79 Å². The fourth-order valence-corrected chi connectivity index (χ4v) is 2.41. The van der Waals surface area contributed by atoms with Crippen LogP contribution in [-0.2, 0) is 10.4 Å². The molecule has 2 heterocycles. The summed E-state index contributed by atoms with van der Waals surface area (Å²) < 4.78 is 0. The van der Waals surface area contributed by atoms with Crippen molar-refractivity contribution in [2.24, 2.45) is 0 Å². The van der Waals surface area contributed by atoms with Crippen LogP contribution in [0.5, 0.6) is 0 Å². The zero-order valence-corrected chi connectivity index (χ0v) is 12.4. The molecule has 0 spiro atoms. The molecular formula is C17H17N3O2. The lowest BCUT2D eigenvalue weighted by atomic mass is 9.95. The monoisotopic (exact) mass is 295 g/mol. The van der Waals surface area contributed by atoms with Crippen molar-refractivity contribution in [3.8, 4) is 11.3 Å². The molecule has 0 bridgehead atoms. The van der Waals surface area contributed by atoms with Crippen LogP contribution in [0.4, 0.5) is 5.69 Å². The molecule has 0 aliphatic carbocycles. The fraction of sp³-hybridized carbons (Fsp3) is 0.176. The summed E-state index contributed by atoms with van der Waals surface area (Å²) in [5.41, 5.74) is 3.08. The van der Waals surface area contributed by atoms with E-state index in [0.29, 0.717) is 17.7 Å². The first-order valence-corrected chi connectivity index (χ1v) is 7.00. The standard InChI is InChI=1S/C17H17N3O2/c1-17(2,22)12-5-3-4-11(8-12)14-7-6-13-15(19-10-21)9-18-16(13)20-14/h3-10,22H,1-2H3,(H,18,20)(H,19,21). The summed E-state index contributed by atoms with van der Waals surface area (Å²) in [6.07, 6.45) is 2.35. The number of anilines is 1. The molecule has 3 rings (SSSR count). The molecule has 0 fully saturated rings. The van der Waals surface area contributed by atoms with Crippen LogP contribution in [0.25, 0.3) is 22.3 Å². The maximum atomic E-state index is 10.6. The number of carbonyl (C=O) groups excluding carboxylic acids is 1. The Labute approximate surface area is 128 Å². The van der Waals surface area contributed by atoms with Crippen molar-refractivity contribution in [3.05, 3.63) is 48.2 Å². The largest absolute Gasteiger partial charge is 0.386 e. The van der Waals surface area contributed by atoms with Gasteiger partial charge in [0.05, 0.1) is 17.0 Å². The van der Waals surface area contributed by atoms with Gasteiger partial charge in [0.25, 0.3) is 0 Å². The molecule has 22 heavy (non-hydrogen) atoms. The van der Waals surface area contributed by atoms with Crippen molar-refractivity contribution >= 4 is 23.1 Å². The van der Waals surface area contributed by atoms with Gasteiger partial charge in [-0.2, -0.15) is 0 Å². The number of pyridine rings is 1. The first kappa shape index (κ1) is 14.3. The number of aliphatic hydroxyl groups is 1. The first-order chi connectivity index (χ1) is 10.5. The number of hydrogen-bond acceptors (Lipinski definition) is 3. The number of carbonyl (C=O) groups is 1. The third-order valence-electron chi connectivity index (χ3n) is 3.62. The van der Waals surface area contributed by atoms with Crippen molar-refractivity contribution in [1.82, 2.24) is 9.97 Å². The van der Waals surface area contributed by atoms with Crippen molar-refractivity contribution < 1.29 is 9.90 Å². The van der Waals surface area contributed by atoms with Crippen LogP contribution in [0.3, 0.4) is 0 Å². The number of nitrogens with one attached hydrogen (secondary N) is 2. The van der Waals surface area contributed by atoms with E-state index in [1.165, 1.54) is 0 Å². The van der Waals surface area contributed by atoms with Crippen LogP contribution < -0.4 is 5.32 Å². The van der Waals surface area contributed by atoms with Gasteiger partial charge in [-0.1, -0.05) is 18.2 Å². The molecule has 0 saturated heterocycles. The highest BCUT2D eigenvalue weighted by molar-refractivity contribution is 5.95. The summed E-state index contributed by atoms with van der Waals surface area (Å²) in [4.78, 5) is 18.2. The Morgan fingerprint density at radius 3 is 2.82 bits per heavy atom. The van der Waals surface area contributed by atoms with Gasteiger partial charge in [-0.15, -0.1) is 0 Å². The van der Waals surface area contributed by atoms with Crippen LogP contribution in [-0.4, -0.2) is 21.5 Å². The average molecular weight is 295 g/mol. The predicted octanol–water partition coefficient (Wildman–Crippen LogP) is 3.03. The minimum Gasteiger partial charge on any atom is -0.386 e. The van der Waals surface area contributed by atoms with Gasteiger partial charge in [-0.05, 0) is 37.6 Å². The van der Waals surface area contributed by atoms with Gasteiger partial charge in [0, 0.05) is 17.1 Å². The van der Waals surface area contributed by atoms with Gasteiger partial charge in [0.15, 0.2) is 0 Å². The van der Waals surface area contributed by atoms with E-state index in [-0.39, 0.29) is 0 Å². The van der Waals surface area contributed by atoms with Crippen molar-refractivity contribution in [1.29, 1.82) is 0 Å². The minimum atomic E-state index is -0.895. The Balaban J connectivity index is 2.05. The van der Waals surface area contributed by atoms with Crippen LogP contribution in [0.1, 0.15) is 19.4 Å². The predicted molar refractivity (Wildman–Crippen MR) is 86.5 cm³/mol. The smallest absolute Gasteiger partial charge is 0.211 e. The van der Waals surface area contributed by atoms with Crippen LogP contribution >= 0.6 is 0 Å². The lowest BCUT2D eigenvalue weighted by Crippen LogP contribution is -2.15. The van der Waals surface area contributed by atoms with Crippen LogP contribution in [0.2, 0.25) is 0 Å². The number of amides is 1. The van der Waals surface area contributed by atoms with Crippen LogP contribution in [0, 0.1) is 0 Å². The van der Waals surface area contributed by atoms with Crippen molar-refractivity contribution in [2.75, 3.05) is 5.32 Å². The van der Waals surface area contributed by atoms with Crippen molar-refractivity contribution in [3.63, 3.8) is 0 Å². The van der Waals surface area contributed by atoms with E-state index >= 15 is 0 Å². The first-order valence-electron chi connectivity index (χ1n) is 7.00. The second-order valence-corrected chi connectivity index (χ2v) is 5.70. The zero-order chi connectivity index (χ0) is 15.7. The number of H-pyrrole nitrogens is 1. The molecule has 0 radical (unpaired) electrons. The number of fused-ring (bicyclic) bond motifs is 1. The molecule has 1 amide bonds. The van der Waals surface area contributed by atoms with E-state index in [9.17, 15) is 9.90 Å². The Morgan fingerprint density at radius 2 is 2.09 bits per heavy atom. The lowest BCUT2D eigenvalue weighted by molar-refractivity contribution is -0.105. The summed E-state index contributed by atoms with van der Waals surface area (Å²) >= 11 is 0. The molecular weight excluding hydrogens is 278 g/mol. The number of hydrogen-bond donors (Lipinski definition) is 3. The molecule has 5 nitrogen and oxygen atoms in total. The van der Waals surface area contributed by atoms with E-state index in [2.05, 4.69) is 15.3 Å². The van der Waals surface area contributed by atoms with Gasteiger partial charge < -0.3 is 15.4 Å². The number of rotatable bonds is 4. The molecule has 0 aliphatic rings. The van der Waals surface area contributed by atoms with Crippen molar-refractivity contribution in [2.45, 2.75) is 19.4 Å². The van der Waals surface area contributed by atoms with Gasteiger partial charge >= 0.3 is 0 Å². The van der Waals surface area contributed by atoms with Gasteiger partial charge in [-0.25, -0.2) is 4.98 Å². The maximum absolute atomic E-state index is 10.6. The fourth-order valence-electron chi connectivity index (χ4n) is 2.41. The molecule has 0 atom stereocenters. The highest BCUT2D eigenvalue weighted by Crippen LogP contribution is 2.28. The Kier molecular flexibility index (Phi) is 3.42. The lowest BCUT2D eigenvalue weighted by Gasteiger charge is -2.18. The highest BCUT2D eigenvalue weighted by Gasteiger charge is 2.16. The summed E-state index contributed by atoms with van der Waals surface area (Å²) in [5.74, 6) is 0. The molecule has 2 aromatic heterocycles. The summed E-state index contributed by atoms with van der Waals surface area (Å²) in [7, 11) is 0. The SMILES string of the molecule is CC(C)(O)c1cccc(-c2ccc3c(NC=O)c[nH]c3n2)c1. The number of aromatic nitrogens is 2. The number of aromatic amines is 1. The third-order valence-corrected chi connectivity index (χ3v) is 3.62. The van der Waals surface area contributed by atoms with E-state index < -0.39 is 5.60 Å². The number of benzene rings is 1. The molecule has 0 unspecified atom stereocenters. The maximum Gasteiger partial charge on any atom is 0.211 e. The Bertz CT molecular complexity index is 831. The second kappa shape index (κ2) is 5.27. The second-order valence-electron chi connectivity index (χ2n) is 5.70. The summed E-state index contributed by atoms with van der Waals surface area (Å²) in [5, 5.41) is 13.6. The summed E-state index contributed by atoms with van der Waals surface area (Å²) in [6, 6.07) is 11.5. The summed E-state index contributed by atoms with van der Waals surface area (Å²) in [6.45, 7) is 3.51. The molecule has 3 N–H and O–H groups in total. The molecule has 0 saturated carbocycles. The molecule has 112 valence electrons. The average Bonchev–Trinajstić information content (AvgIpc) is 2.89. The topological polar surface area (TPSA) is 78.0 Å². The number of nitrogens with zero attached hydrogens (tertiary/aromatic N) is 1. The van der Waals surface area contributed by atoms with E-state index in [4.69, 9.17) is 0 Å². The van der Waals surface area contributed by atoms with Crippen LogP contribution in [0.15, 0.2) is 42.6 Å². The molecule has 5 heteroatoms. The quantitative estimate of drug-likeness (QED) is 0.647. The van der Waals surface area contributed by atoms with E-state index in [0.717, 1.165) is 22.2 Å².